The van der Waals surface area contributed by atoms with Gasteiger partial charge in [-0.3, -0.25) is 9.00 Å². The molecule has 2 aromatic rings. The predicted molar refractivity (Wildman–Crippen MR) is 84.1 cm³/mol. The van der Waals surface area contributed by atoms with Crippen LogP contribution in [-0.2, 0) is 16.6 Å². The molecule has 1 atom stereocenters. The zero-order valence-electron chi connectivity index (χ0n) is 10.9. The summed E-state index contributed by atoms with van der Waals surface area (Å²) < 4.78 is 13.4. The molecule has 0 bridgehead atoms. The van der Waals surface area contributed by atoms with Gasteiger partial charge in [0, 0.05) is 11.5 Å². The molecular weight excluding hydrogens is 338 g/mol. The fraction of sp³-hybridized carbons (Fsp3) is 0.133. The van der Waals surface area contributed by atoms with Crippen molar-refractivity contribution in [2.24, 2.45) is 0 Å². The van der Waals surface area contributed by atoms with Crippen molar-refractivity contribution in [3.05, 3.63) is 64.1 Å². The number of amides is 1. The molecule has 1 amide bonds. The van der Waals surface area contributed by atoms with E-state index in [-0.39, 0.29) is 5.91 Å². The van der Waals surface area contributed by atoms with Crippen LogP contribution in [0.5, 0.6) is 0 Å². The quantitative estimate of drug-likeness (QED) is 0.919. The van der Waals surface area contributed by atoms with Crippen molar-refractivity contribution >= 4 is 32.6 Å². The normalized spacial score (nSPS) is 11.9. The summed E-state index contributed by atoms with van der Waals surface area (Å²) in [6.45, 7) is 0. The van der Waals surface area contributed by atoms with Crippen LogP contribution in [0, 0.1) is 0 Å². The molecule has 2 rings (SSSR count). The van der Waals surface area contributed by atoms with Crippen molar-refractivity contribution < 1.29 is 9.00 Å². The fourth-order valence-electron chi connectivity index (χ4n) is 1.80. The summed E-state index contributed by atoms with van der Waals surface area (Å²) in [5, 5.41) is 2.57. The third kappa shape index (κ3) is 3.55. The summed E-state index contributed by atoms with van der Waals surface area (Å²) in [7, 11) is 0.315. The summed E-state index contributed by atoms with van der Waals surface area (Å²) in [5.74, 6) is 0.172. The molecule has 1 N–H and O–H groups in total. The van der Waals surface area contributed by atoms with Gasteiger partial charge in [-0.25, -0.2) is 0 Å². The lowest BCUT2D eigenvalue weighted by atomic mass is 10.2. The Morgan fingerprint density at radius 1 is 1.15 bits per heavy atom. The Morgan fingerprint density at radius 3 is 2.45 bits per heavy atom. The van der Waals surface area contributed by atoms with Crippen LogP contribution >= 0.6 is 15.9 Å². The largest absolute Gasteiger partial charge is 0.355 e. The maximum Gasteiger partial charge on any atom is 0.252 e. The van der Waals surface area contributed by atoms with Crippen molar-refractivity contribution in [1.29, 1.82) is 0 Å². The van der Waals surface area contributed by atoms with Gasteiger partial charge in [0.1, 0.15) is 0 Å². The molecule has 0 saturated heterocycles. The van der Waals surface area contributed by atoms with E-state index in [9.17, 15) is 9.00 Å². The predicted octanol–water partition coefficient (Wildman–Crippen LogP) is 3.12. The van der Waals surface area contributed by atoms with E-state index in [0.29, 0.717) is 16.2 Å². The molecule has 1 unspecified atom stereocenters. The van der Waals surface area contributed by atoms with Gasteiger partial charge in [0.15, 0.2) is 0 Å². The van der Waals surface area contributed by atoms with Gasteiger partial charge < -0.3 is 5.32 Å². The maximum atomic E-state index is 12.5. The summed E-state index contributed by atoms with van der Waals surface area (Å²) in [5.41, 5.74) is 1.43. The minimum Gasteiger partial charge on any atom is -0.355 e. The van der Waals surface area contributed by atoms with Gasteiger partial charge in [-0.15, -0.1) is 0 Å². The van der Waals surface area contributed by atoms with Gasteiger partial charge in [-0.1, -0.05) is 40.2 Å². The van der Waals surface area contributed by atoms with E-state index in [0.717, 1.165) is 10.0 Å². The highest BCUT2D eigenvalue weighted by molar-refractivity contribution is 9.10. The molecule has 5 heteroatoms. The van der Waals surface area contributed by atoms with E-state index >= 15 is 0 Å². The van der Waals surface area contributed by atoms with E-state index in [4.69, 9.17) is 0 Å². The molecule has 2 aromatic carbocycles. The van der Waals surface area contributed by atoms with Crippen LogP contribution in [0.4, 0.5) is 0 Å². The fourth-order valence-corrected chi connectivity index (χ4v) is 3.35. The molecular formula is C15H14BrNO2S. The van der Waals surface area contributed by atoms with Crippen molar-refractivity contribution in [2.45, 2.75) is 10.6 Å². The van der Waals surface area contributed by atoms with E-state index < -0.39 is 10.8 Å². The molecule has 104 valence electrons. The SMILES string of the molecule is CNC(=O)c1ccccc1S(=O)Cc1ccc(Br)cc1. The number of rotatable bonds is 4. The number of hydrogen-bond acceptors (Lipinski definition) is 2. The highest BCUT2D eigenvalue weighted by Crippen LogP contribution is 2.18. The van der Waals surface area contributed by atoms with Crippen molar-refractivity contribution in [3.8, 4) is 0 Å². The Labute approximate surface area is 129 Å². The summed E-state index contributed by atoms with van der Waals surface area (Å²) in [4.78, 5) is 12.3. The standard InChI is InChI=1S/C15H14BrNO2S/c1-17-15(18)13-4-2-3-5-14(13)20(19)10-11-6-8-12(16)9-7-11/h2-9H,10H2,1H3,(H,17,18). The monoisotopic (exact) mass is 351 g/mol. The molecule has 0 saturated carbocycles. The number of halogens is 1. The highest BCUT2D eigenvalue weighted by atomic mass is 79.9. The number of carbonyl (C=O) groups is 1. The van der Waals surface area contributed by atoms with Crippen molar-refractivity contribution in [1.82, 2.24) is 5.32 Å². The lowest BCUT2D eigenvalue weighted by Crippen LogP contribution is -2.20. The Balaban J connectivity index is 2.25. The molecule has 0 aliphatic carbocycles. The molecule has 0 spiro atoms. The molecule has 0 aliphatic heterocycles. The minimum atomic E-state index is -1.25. The van der Waals surface area contributed by atoms with E-state index in [2.05, 4.69) is 21.2 Å². The third-order valence-corrected chi connectivity index (χ3v) is 4.79. The van der Waals surface area contributed by atoms with Crippen molar-refractivity contribution in [3.63, 3.8) is 0 Å². The van der Waals surface area contributed by atoms with E-state index in [1.165, 1.54) is 0 Å². The number of nitrogens with one attached hydrogen (secondary N) is 1. The molecule has 20 heavy (non-hydrogen) atoms. The summed E-state index contributed by atoms with van der Waals surface area (Å²) in [6, 6.07) is 14.7. The second-order valence-electron chi connectivity index (χ2n) is 4.19. The topological polar surface area (TPSA) is 46.2 Å². The average Bonchev–Trinajstić information content (AvgIpc) is 2.48. The molecule has 0 aliphatic rings. The Bertz CT molecular complexity index is 641. The van der Waals surface area contributed by atoms with Crippen LogP contribution in [0.3, 0.4) is 0 Å². The molecule has 0 heterocycles. The molecule has 0 radical (unpaired) electrons. The van der Waals surface area contributed by atoms with Gasteiger partial charge >= 0.3 is 0 Å². The Hall–Kier alpha value is -1.46. The summed E-state index contributed by atoms with van der Waals surface area (Å²) >= 11 is 3.37. The van der Waals surface area contributed by atoms with E-state index in [1.807, 2.05) is 24.3 Å². The van der Waals surface area contributed by atoms with E-state index in [1.54, 1.807) is 31.3 Å². The smallest absolute Gasteiger partial charge is 0.252 e. The van der Waals surface area contributed by atoms with Crippen LogP contribution in [0.2, 0.25) is 0 Å². The van der Waals surface area contributed by atoms with Crippen molar-refractivity contribution in [2.75, 3.05) is 7.05 Å². The number of carbonyl (C=O) groups excluding carboxylic acids is 1. The Morgan fingerprint density at radius 2 is 1.80 bits per heavy atom. The number of hydrogen-bond donors (Lipinski definition) is 1. The highest BCUT2D eigenvalue weighted by Gasteiger charge is 2.14. The van der Waals surface area contributed by atoms with Crippen LogP contribution in [-0.4, -0.2) is 17.2 Å². The molecule has 0 aromatic heterocycles. The molecule has 3 nitrogen and oxygen atoms in total. The van der Waals surface area contributed by atoms with Gasteiger partial charge in [0.2, 0.25) is 0 Å². The molecule has 0 fully saturated rings. The van der Waals surface area contributed by atoms with Crippen LogP contribution in [0.25, 0.3) is 0 Å². The second-order valence-corrected chi connectivity index (χ2v) is 6.53. The zero-order valence-corrected chi connectivity index (χ0v) is 13.3. The first-order chi connectivity index (χ1) is 9.61. The Kier molecular flexibility index (Phi) is 5.09. The lowest BCUT2D eigenvalue weighted by Gasteiger charge is -2.08. The van der Waals surface area contributed by atoms with Crippen LogP contribution in [0.1, 0.15) is 15.9 Å². The lowest BCUT2D eigenvalue weighted by molar-refractivity contribution is 0.0960. The minimum absolute atomic E-state index is 0.218. The van der Waals surface area contributed by atoms with Gasteiger partial charge in [0.25, 0.3) is 5.91 Å². The first kappa shape index (κ1) is 14.9. The maximum absolute atomic E-state index is 12.5. The zero-order chi connectivity index (χ0) is 14.5. The average molecular weight is 352 g/mol. The van der Waals surface area contributed by atoms with Gasteiger partial charge in [0.05, 0.1) is 27.0 Å². The number of benzene rings is 2. The first-order valence-electron chi connectivity index (χ1n) is 6.05. The summed E-state index contributed by atoms with van der Waals surface area (Å²) in [6.07, 6.45) is 0. The second kappa shape index (κ2) is 6.81. The third-order valence-electron chi connectivity index (χ3n) is 2.82. The van der Waals surface area contributed by atoms with Crippen LogP contribution < -0.4 is 5.32 Å². The first-order valence-corrected chi connectivity index (χ1v) is 8.17. The van der Waals surface area contributed by atoms with Gasteiger partial charge in [-0.2, -0.15) is 0 Å². The van der Waals surface area contributed by atoms with Gasteiger partial charge in [-0.05, 0) is 29.8 Å². The van der Waals surface area contributed by atoms with Crippen LogP contribution in [0.15, 0.2) is 57.9 Å².